The first-order chi connectivity index (χ1) is 16.2. The summed E-state index contributed by atoms with van der Waals surface area (Å²) < 4.78 is 0. The third-order valence-electron chi connectivity index (χ3n) is 5.78. The van der Waals surface area contributed by atoms with Gasteiger partial charge in [0.2, 0.25) is 0 Å². The van der Waals surface area contributed by atoms with Crippen molar-refractivity contribution >= 4 is 33.0 Å². The van der Waals surface area contributed by atoms with Crippen LogP contribution in [0.3, 0.4) is 0 Å². The van der Waals surface area contributed by atoms with Crippen LogP contribution in [0.1, 0.15) is 28.1 Å². The van der Waals surface area contributed by atoms with E-state index in [1.54, 1.807) is 6.20 Å². The molecule has 0 amide bonds. The lowest BCUT2D eigenvalue weighted by Gasteiger charge is -2.08. The Hall–Kier alpha value is -4.32. The van der Waals surface area contributed by atoms with Crippen molar-refractivity contribution < 1.29 is 0 Å². The van der Waals surface area contributed by atoms with Crippen LogP contribution in [-0.2, 0) is 12.8 Å². The fraction of sp³-hybridized carbons (Fsp3) is 0.111. The molecule has 6 aromatic rings. The van der Waals surface area contributed by atoms with Gasteiger partial charge in [-0.25, -0.2) is 9.97 Å². The summed E-state index contributed by atoms with van der Waals surface area (Å²) in [5, 5.41) is 2.09. The quantitative estimate of drug-likeness (QED) is 0.393. The molecule has 0 aliphatic rings. The Kier molecular flexibility index (Phi) is 4.69. The molecule has 6 aromatic heterocycles. The molecule has 0 N–H and O–H groups in total. The third-order valence-corrected chi connectivity index (χ3v) is 5.78. The molecule has 0 radical (unpaired) electrons. The molecular weight excluding hydrogens is 408 g/mol. The Balaban J connectivity index is 1.30. The Bertz CT molecular complexity index is 1640. The van der Waals surface area contributed by atoms with Gasteiger partial charge in [0.1, 0.15) is 0 Å². The maximum absolute atomic E-state index is 4.77. The molecule has 0 spiro atoms. The molecule has 6 heterocycles. The maximum atomic E-state index is 4.77. The van der Waals surface area contributed by atoms with Gasteiger partial charge in [-0.2, -0.15) is 0 Å². The zero-order valence-electron chi connectivity index (χ0n) is 18.1. The average Bonchev–Trinajstić information content (AvgIpc) is 2.84. The number of fused-ring (bicyclic) bond motifs is 3. The Morgan fingerprint density at radius 1 is 0.667 bits per heavy atom. The van der Waals surface area contributed by atoms with E-state index in [-0.39, 0.29) is 0 Å². The number of hydrogen-bond acceptors (Lipinski definition) is 6. The standard InChI is InChI=1S/C27H20N6/c1-17-4-5-21-10-18(15-32-27(21)33-17)9-19-11-25-26(31-14-19)20(6-8-29-25)12-23-13-24-22(16-30-23)3-2-7-28-24/h2-8,10-11,13-16H,9,12H2,1H3. The van der Waals surface area contributed by atoms with E-state index in [4.69, 9.17) is 4.98 Å². The van der Waals surface area contributed by atoms with Gasteiger partial charge < -0.3 is 0 Å². The van der Waals surface area contributed by atoms with Crippen LogP contribution in [0, 0.1) is 6.92 Å². The van der Waals surface area contributed by atoms with Crippen LogP contribution in [0.4, 0.5) is 0 Å². The van der Waals surface area contributed by atoms with E-state index in [9.17, 15) is 0 Å². The second kappa shape index (κ2) is 7.98. The molecule has 33 heavy (non-hydrogen) atoms. The molecule has 0 atom stereocenters. The molecule has 158 valence electrons. The molecule has 0 aromatic carbocycles. The summed E-state index contributed by atoms with van der Waals surface area (Å²) in [7, 11) is 0. The second-order valence-electron chi connectivity index (χ2n) is 8.25. The zero-order valence-corrected chi connectivity index (χ0v) is 18.1. The van der Waals surface area contributed by atoms with E-state index in [1.165, 1.54) is 0 Å². The zero-order chi connectivity index (χ0) is 22.2. The summed E-state index contributed by atoms with van der Waals surface area (Å²) >= 11 is 0. The molecule has 6 heteroatoms. The van der Waals surface area contributed by atoms with Gasteiger partial charge in [0.25, 0.3) is 0 Å². The van der Waals surface area contributed by atoms with E-state index < -0.39 is 0 Å². The molecule has 0 saturated heterocycles. The summed E-state index contributed by atoms with van der Waals surface area (Å²) in [5.74, 6) is 0. The van der Waals surface area contributed by atoms with Crippen LogP contribution in [0.25, 0.3) is 33.0 Å². The van der Waals surface area contributed by atoms with E-state index in [0.29, 0.717) is 6.42 Å². The highest BCUT2D eigenvalue weighted by Crippen LogP contribution is 2.21. The molecule has 0 bridgehead atoms. The topological polar surface area (TPSA) is 77.3 Å². The van der Waals surface area contributed by atoms with Crippen LogP contribution in [0.15, 0.2) is 79.5 Å². The van der Waals surface area contributed by atoms with Crippen LogP contribution in [0.5, 0.6) is 0 Å². The van der Waals surface area contributed by atoms with Gasteiger partial charge in [-0.1, -0.05) is 0 Å². The van der Waals surface area contributed by atoms with Crippen molar-refractivity contribution in [2.75, 3.05) is 0 Å². The van der Waals surface area contributed by atoms with Gasteiger partial charge in [0.15, 0.2) is 5.65 Å². The predicted octanol–water partition coefficient (Wildman–Crippen LogP) is 5.01. The Morgan fingerprint density at radius 2 is 1.55 bits per heavy atom. The molecule has 6 rings (SSSR count). The predicted molar refractivity (Wildman–Crippen MR) is 129 cm³/mol. The number of aromatic nitrogens is 6. The smallest absolute Gasteiger partial charge is 0.159 e. The number of hydrogen-bond donors (Lipinski definition) is 0. The highest BCUT2D eigenvalue weighted by molar-refractivity contribution is 5.80. The summed E-state index contributed by atoms with van der Waals surface area (Å²) in [6.07, 6.45) is 10.8. The molecular formula is C27H20N6. The number of rotatable bonds is 4. The van der Waals surface area contributed by atoms with Crippen LogP contribution in [-0.4, -0.2) is 29.9 Å². The first-order valence-electron chi connectivity index (χ1n) is 10.9. The SMILES string of the molecule is Cc1ccc2cc(Cc3cnc4c(Cc5cc6ncccc6cn5)ccnc4c3)cnc2n1. The summed E-state index contributed by atoms with van der Waals surface area (Å²) in [6.45, 7) is 1.98. The van der Waals surface area contributed by atoms with E-state index in [1.807, 2.05) is 62.0 Å². The van der Waals surface area contributed by atoms with E-state index >= 15 is 0 Å². The van der Waals surface area contributed by atoms with Crippen LogP contribution < -0.4 is 0 Å². The minimum atomic E-state index is 0.679. The fourth-order valence-corrected chi connectivity index (χ4v) is 4.15. The lowest BCUT2D eigenvalue weighted by atomic mass is 10.0. The lowest BCUT2D eigenvalue weighted by molar-refractivity contribution is 1.07. The fourth-order valence-electron chi connectivity index (χ4n) is 4.15. The molecule has 0 saturated carbocycles. The largest absolute Gasteiger partial charge is 0.260 e. The number of pyridine rings is 6. The van der Waals surface area contributed by atoms with Gasteiger partial charge >= 0.3 is 0 Å². The van der Waals surface area contributed by atoms with Crippen molar-refractivity contribution in [3.05, 3.63) is 108 Å². The molecule has 0 fully saturated rings. The van der Waals surface area contributed by atoms with Crippen molar-refractivity contribution in [3.63, 3.8) is 0 Å². The second-order valence-corrected chi connectivity index (χ2v) is 8.25. The summed E-state index contributed by atoms with van der Waals surface area (Å²) in [6, 6.07) is 16.3. The molecule has 0 unspecified atom stereocenters. The molecule has 0 aliphatic heterocycles. The molecule has 0 aliphatic carbocycles. The highest BCUT2D eigenvalue weighted by Gasteiger charge is 2.09. The lowest BCUT2D eigenvalue weighted by Crippen LogP contribution is -1.98. The number of aryl methyl sites for hydroxylation is 1. The average molecular weight is 428 g/mol. The third kappa shape index (κ3) is 3.87. The van der Waals surface area contributed by atoms with Crippen molar-refractivity contribution in [3.8, 4) is 0 Å². The van der Waals surface area contributed by atoms with E-state index in [0.717, 1.165) is 67.5 Å². The van der Waals surface area contributed by atoms with Gasteiger partial charge in [-0.15, -0.1) is 0 Å². The van der Waals surface area contributed by atoms with Gasteiger partial charge in [-0.05, 0) is 72.1 Å². The van der Waals surface area contributed by atoms with Gasteiger partial charge in [0, 0.05) is 66.0 Å². The van der Waals surface area contributed by atoms with Crippen molar-refractivity contribution in [1.29, 1.82) is 0 Å². The minimum Gasteiger partial charge on any atom is -0.260 e. The minimum absolute atomic E-state index is 0.679. The van der Waals surface area contributed by atoms with Gasteiger partial charge in [-0.3, -0.25) is 19.9 Å². The van der Waals surface area contributed by atoms with Crippen LogP contribution >= 0.6 is 0 Å². The van der Waals surface area contributed by atoms with Crippen LogP contribution in [0.2, 0.25) is 0 Å². The van der Waals surface area contributed by atoms with Crippen molar-refractivity contribution in [2.45, 2.75) is 19.8 Å². The highest BCUT2D eigenvalue weighted by atomic mass is 14.8. The first-order valence-corrected chi connectivity index (χ1v) is 10.9. The first kappa shape index (κ1) is 19.4. The number of nitrogens with zero attached hydrogens (tertiary/aromatic N) is 6. The Labute approximate surface area is 190 Å². The van der Waals surface area contributed by atoms with Crippen molar-refractivity contribution in [2.24, 2.45) is 0 Å². The molecule has 6 nitrogen and oxygen atoms in total. The Morgan fingerprint density at radius 3 is 2.52 bits per heavy atom. The normalized spacial score (nSPS) is 11.4. The monoisotopic (exact) mass is 428 g/mol. The summed E-state index contributed by atoms with van der Waals surface area (Å²) in [5.41, 5.74) is 8.77. The van der Waals surface area contributed by atoms with E-state index in [2.05, 4.69) is 43.1 Å². The maximum Gasteiger partial charge on any atom is 0.159 e. The van der Waals surface area contributed by atoms with Gasteiger partial charge in [0.05, 0.1) is 16.6 Å². The summed E-state index contributed by atoms with van der Waals surface area (Å²) in [4.78, 5) is 27.4. The van der Waals surface area contributed by atoms with Crippen molar-refractivity contribution in [1.82, 2.24) is 29.9 Å².